The molecule has 2 aromatic heterocycles. The largest absolute Gasteiger partial charge is 0.406 e. The Hall–Kier alpha value is -1.34. The second kappa shape index (κ2) is 4.60. The zero-order chi connectivity index (χ0) is 14.4. The van der Waals surface area contributed by atoms with Crippen LogP contribution in [0.4, 0.5) is 13.2 Å². The van der Waals surface area contributed by atoms with Gasteiger partial charge >= 0.3 is 6.18 Å². The van der Waals surface area contributed by atoms with Gasteiger partial charge in [-0.05, 0) is 24.3 Å². The first kappa shape index (κ1) is 13.6. The molecule has 0 amide bonds. The first-order valence-corrected chi connectivity index (χ1v) is 7.16. The minimum atomic E-state index is -4.23. The normalized spacial score (nSPS) is 19.0. The minimum Gasteiger partial charge on any atom is -0.336 e. The zero-order valence-electron chi connectivity index (χ0n) is 10.8. The van der Waals surface area contributed by atoms with Crippen LogP contribution >= 0.6 is 11.3 Å². The standard InChI is InChI=1S/C13H14F3N3S/c1-19-7-6-17-11(19)10(9-3-2-8-20-9)18-12(4-5-12)13(14,15)16/h2-3,6-8,10,18H,4-5H2,1H3. The van der Waals surface area contributed by atoms with Crippen molar-refractivity contribution in [1.82, 2.24) is 14.9 Å². The summed E-state index contributed by atoms with van der Waals surface area (Å²) in [5, 5.41) is 4.65. The molecule has 0 bridgehead atoms. The molecule has 0 radical (unpaired) electrons. The van der Waals surface area contributed by atoms with Gasteiger partial charge in [-0.1, -0.05) is 6.07 Å². The van der Waals surface area contributed by atoms with Crippen molar-refractivity contribution in [2.24, 2.45) is 7.05 Å². The Morgan fingerprint density at radius 3 is 2.65 bits per heavy atom. The summed E-state index contributed by atoms with van der Waals surface area (Å²) >= 11 is 1.43. The highest BCUT2D eigenvalue weighted by Crippen LogP contribution is 2.50. The lowest BCUT2D eigenvalue weighted by Gasteiger charge is -2.26. The number of aromatic nitrogens is 2. The molecule has 3 nitrogen and oxygen atoms in total. The molecule has 108 valence electrons. The molecule has 2 heterocycles. The van der Waals surface area contributed by atoms with Crippen molar-refractivity contribution in [2.75, 3.05) is 0 Å². The number of nitrogens with one attached hydrogen (secondary N) is 1. The van der Waals surface area contributed by atoms with Crippen LogP contribution in [0.3, 0.4) is 0 Å². The summed E-state index contributed by atoms with van der Waals surface area (Å²) in [6, 6.07) is 3.15. The summed E-state index contributed by atoms with van der Waals surface area (Å²) in [5.74, 6) is 0.600. The Morgan fingerprint density at radius 2 is 2.20 bits per heavy atom. The molecule has 2 aromatic rings. The Morgan fingerprint density at radius 1 is 1.45 bits per heavy atom. The van der Waals surface area contributed by atoms with Gasteiger partial charge in [-0.25, -0.2) is 4.98 Å². The molecule has 0 saturated heterocycles. The highest BCUT2D eigenvalue weighted by atomic mass is 32.1. The summed E-state index contributed by atoms with van der Waals surface area (Å²) in [5.41, 5.74) is -1.76. The third kappa shape index (κ3) is 2.25. The van der Waals surface area contributed by atoms with Gasteiger partial charge in [-0.2, -0.15) is 13.2 Å². The Kier molecular flexibility index (Phi) is 3.13. The van der Waals surface area contributed by atoms with E-state index in [2.05, 4.69) is 10.3 Å². The molecule has 3 rings (SSSR count). The molecule has 1 aliphatic rings. The molecule has 1 aliphatic carbocycles. The monoisotopic (exact) mass is 301 g/mol. The molecule has 1 saturated carbocycles. The van der Waals surface area contributed by atoms with Crippen LogP contribution in [0.15, 0.2) is 29.9 Å². The fraction of sp³-hybridized carbons (Fsp3) is 0.462. The third-order valence-corrected chi connectivity index (χ3v) is 4.59. The fourth-order valence-electron chi connectivity index (χ4n) is 2.28. The van der Waals surface area contributed by atoms with Crippen molar-refractivity contribution in [3.63, 3.8) is 0 Å². The Balaban J connectivity index is 1.94. The molecule has 7 heteroatoms. The van der Waals surface area contributed by atoms with Crippen LogP contribution in [0.2, 0.25) is 0 Å². The lowest BCUT2D eigenvalue weighted by atomic mass is 10.1. The van der Waals surface area contributed by atoms with Crippen molar-refractivity contribution in [3.05, 3.63) is 40.6 Å². The van der Waals surface area contributed by atoms with Crippen molar-refractivity contribution >= 4 is 11.3 Å². The zero-order valence-corrected chi connectivity index (χ0v) is 11.6. The molecule has 1 fully saturated rings. The molecule has 20 heavy (non-hydrogen) atoms. The van der Waals surface area contributed by atoms with Gasteiger partial charge in [0.05, 0.1) is 0 Å². The first-order chi connectivity index (χ1) is 9.43. The quantitative estimate of drug-likeness (QED) is 0.939. The SMILES string of the molecule is Cn1ccnc1C(NC1(C(F)(F)F)CC1)c1cccs1. The van der Waals surface area contributed by atoms with Crippen LogP contribution < -0.4 is 5.32 Å². The highest BCUT2D eigenvalue weighted by molar-refractivity contribution is 7.10. The van der Waals surface area contributed by atoms with Gasteiger partial charge in [0.25, 0.3) is 0 Å². The number of hydrogen-bond acceptors (Lipinski definition) is 3. The van der Waals surface area contributed by atoms with E-state index in [1.54, 1.807) is 24.0 Å². The van der Waals surface area contributed by atoms with Gasteiger partial charge in [0, 0.05) is 24.3 Å². The van der Waals surface area contributed by atoms with Crippen LogP contribution in [0.5, 0.6) is 0 Å². The topological polar surface area (TPSA) is 29.9 Å². The van der Waals surface area contributed by atoms with Crippen LogP contribution in [0.25, 0.3) is 0 Å². The average Bonchev–Trinajstić information content (AvgIpc) is 2.82. The van der Waals surface area contributed by atoms with Crippen LogP contribution in [0.1, 0.15) is 29.6 Å². The summed E-state index contributed by atoms with van der Waals surface area (Å²) in [7, 11) is 1.79. The van der Waals surface area contributed by atoms with Gasteiger partial charge in [0.15, 0.2) is 0 Å². The van der Waals surface area contributed by atoms with E-state index in [0.29, 0.717) is 5.82 Å². The van der Waals surface area contributed by atoms with Gasteiger partial charge < -0.3 is 4.57 Å². The maximum Gasteiger partial charge on any atom is 0.406 e. The maximum atomic E-state index is 13.2. The number of rotatable bonds is 4. The lowest BCUT2D eigenvalue weighted by molar-refractivity contribution is -0.167. The van der Waals surface area contributed by atoms with Crippen molar-refractivity contribution in [3.8, 4) is 0 Å². The van der Waals surface area contributed by atoms with Gasteiger partial charge in [-0.15, -0.1) is 11.3 Å². The van der Waals surface area contributed by atoms with Crippen molar-refractivity contribution in [2.45, 2.75) is 30.6 Å². The molecule has 0 aromatic carbocycles. The smallest absolute Gasteiger partial charge is 0.336 e. The number of halogens is 3. The number of thiophene rings is 1. The van der Waals surface area contributed by atoms with Gasteiger partial charge in [0.2, 0.25) is 0 Å². The van der Waals surface area contributed by atoms with Crippen LogP contribution in [0, 0.1) is 0 Å². The first-order valence-electron chi connectivity index (χ1n) is 6.28. The van der Waals surface area contributed by atoms with Gasteiger partial charge in [-0.3, -0.25) is 5.32 Å². The summed E-state index contributed by atoms with van der Waals surface area (Å²) in [6.07, 6.45) is -0.630. The molecular formula is C13H14F3N3S. The summed E-state index contributed by atoms with van der Waals surface area (Å²) in [4.78, 5) is 5.05. The van der Waals surface area contributed by atoms with E-state index in [-0.39, 0.29) is 12.8 Å². The number of aryl methyl sites for hydroxylation is 1. The van der Waals surface area contributed by atoms with E-state index in [0.717, 1.165) is 4.88 Å². The number of nitrogens with zero attached hydrogens (tertiary/aromatic N) is 2. The van der Waals surface area contributed by atoms with E-state index >= 15 is 0 Å². The summed E-state index contributed by atoms with van der Waals surface area (Å²) in [6.45, 7) is 0. The van der Waals surface area contributed by atoms with Crippen LogP contribution in [-0.4, -0.2) is 21.3 Å². The van der Waals surface area contributed by atoms with E-state index < -0.39 is 17.8 Å². The fourth-order valence-corrected chi connectivity index (χ4v) is 3.06. The second-order valence-electron chi connectivity index (χ2n) is 5.07. The molecule has 1 unspecified atom stereocenters. The van der Waals surface area contributed by atoms with E-state index in [9.17, 15) is 13.2 Å². The second-order valence-corrected chi connectivity index (χ2v) is 6.05. The lowest BCUT2D eigenvalue weighted by Crippen LogP contribution is -2.47. The van der Waals surface area contributed by atoms with E-state index in [1.807, 2.05) is 17.5 Å². The summed E-state index contributed by atoms with van der Waals surface area (Å²) < 4.78 is 41.2. The Labute approximate surface area is 118 Å². The molecule has 0 spiro atoms. The van der Waals surface area contributed by atoms with Crippen LogP contribution in [-0.2, 0) is 7.05 Å². The number of imidazole rings is 1. The molecule has 1 atom stereocenters. The van der Waals surface area contributed by atoms with Crippen molar-refractivity contribution in [1.29, 1.82) is 0 Å². The molecular weight excluding hydrogens is 287 g/mol. The van der Waals surface area contributed by atoms with Crippen molar-refractivity contribution < 1.29 is 13.2 Å². The number of alkyl halides is 3. The molecule has 1 N–H and O–H groups in total. The van der Waals surface area contributed by atoms with E-state index in [4.69, 9.17) is 0 Å². The molecule has 0 aliphatic heterocycles. The number of hydrogen-bond donors (Lipinski definition) is 1. The average molecular weight is 301 g/mol. The minimum absolute atomic E-state index is 0.128. The maximum absolute atomic E-state index is 13.2. The predicted octanol–water partition coefficient (Wildman–Crippen LogP) is 3.26. The van der Waals surface area contributed by atoms with E-state index in [1.165, 1.54) is 11.3 Å². The Bertz CT molecular complexity index is 584. The highest BCUT2D eigenvalue weighted by Gasteiger charge is 2.64. The predicted molar refractivity (Wildman–Crippen MR) is 70.5 cm³/mol. The van der Waals surface area contributed by atoms with Gasteiger partial charge in [0.1, 0.15) is 17.4 Å². The third-order valence-electron chi connectivity index (χ3n) is 3.66.